The van der Waals surface area contributed by atoms with Gasteiger partial charge < -0.3 is 10.4 Å². The maximum Gasteiger partial charge on any atom is 0.309 e. The van der Waals surface area contributed by atoms with Gasteiger partial charge in [0.2, 0.25) is 0 Å². The first-order valence-electron chi connectivity index (χ1n) is 7.03. The molecule has 0 aliphatic heterocycles. The Morgan fingerprint density at radius 2 is 2.09 bits per heavy atom. The highest BCUT2D eigenvalue weighted by Gasteiger charge is 2.26. The second kappa shape index (κ2) is 5.75. The molecule has 0 radical (unpaired) electrons. The molecule has 118 valence electrons. The molecule has 2 N–H and O–H groups in total. The van der Waals surface area contributed by atoms with Gasteiger partial charge in [-0.3, -0.25) is 14.3 Å². The second-order valence-electron chi connectivity index (χ2n) is 6.00. The number of nitrogens with zero attached hydrogens (tertiary/aromatic N) is 3. The molecule has 0 spiro atoms. The van der Waals surface area contributed by atoms with Crippen molar-refractivity contribution in [2.75, 3.05) is 6.54 Å². The van der Waals surface area contributed by atoms with Crippen LogP contribution in [0.2, 0.25) is 0 Å². The van der Waals surface area contributed by atoms with Crippen LogP contribution < -0.4 is 5.32 Å². The number of pyridine rings is 1. The Hall–Kier alpha value is -2.44. The summed E-state index contributed by atoms with van der Waals surface area (Å²) in [4.78, 5) is 27.4. The van der Waals surface area contributed by atoms with Gasteiger partial charge in [-0.25, -0.2) is 4.98 Å². The molecule has 2 heterocycles. The van der Waals surface area contributed by atoms with Crippen molar-refractivity contribution in [2.45, 2.75) is 27.2 Å². The number of aromatic nitrogens is 3. The maximum absolute atomic E-state index is 12.1. The van der Waals surface area contributed by atoms with Crippen LogP contribution in [-0.4, -0.2) is 38.3 Å². The number of amides is 1. The van der Waals surface area contributed by atoms with E-state index in [1.165, 1.54) is 6.20 Å². The lowest BCUT2D eigenvalue weighted by atomic mass is 9.90. The van der Waals surface area contributed by atoms with Crippen molar-refractivity contribution in [2.24, 2.45) is 12.5 Å². The van der Waals surface area contributed by atoms with Crippen LogP contribution in [0, 0.1) is 12.3 Å². The summed E-state index contributed by atoms with van der Waals surface area (Å²) in [5.74, 6) is -1.14. The minimum absolute atomic E-state index is 0.265. The number of carbonyl (C=O) groups excluding carboxylic acids is 1. The normalized spacial score (nSPS) is 11.6. The van der Waals surface area contributed by atoms with Crippen LogP contribution in [0.15, 0.2) is 12.3 Å². The molecule has 2 aromatic rings. The van der Waals surface area contributed by atoms with Gasteiger partial charge in [-0.1, -0.05) is 0 Å². The van der Waals surface area contributed by atoms with Crippen molar-refractivity contribution in [1.29, 1.82) is 0 Å². The monoisotopic (exact) mass is 304 g/mol. The number of nitrogens with one attached hydrogen (secondary N) is 1. The van der Waals surface area contributed by atoms with Crippen LogP contribution in [0.1, 0.15) is 36.3 Å². The van der Waals surface area contributed by atoms with Crippen LogP contribution in [0.4, 0.5) is 0 Å². The lowest BCUT2D eigenvalue weighted by Gasteiger charge is -2.18. The summed E-state index contributed by atoms with van der Waals surface area (Å²) >= 11 is 0. The third-order valence-corrected chi connectivity index (χ3v) is 3.74. The summed E-state index contributed by atoms with van der Waals surface area (Å²) in [6.45, 7) is 5.42. The molecular weight excluding hydrogens is 284 g/mol. The fourth-order valence-electron chi connectivity index (χ4n) is 2.13. The van der Waals surface area contributed by atoms with E-state index in [4.69, 9.17) is 5.11 Å². The average molecular weight is 304 g/mol. The number of aryl methyl sites for hydroxylation is 2. The Kier molecular flexibility index (Phi) is 4.16. The van der Waals surface area contributed by atoms with E-state index < -0.39 is 11.4 Å². The first kappa shape index (κ1) is 15.9. The predicted molar refractivity (Wildman–Crippen MR) is 81.6 cm³/mol. The number of carboxylic acid groups (broad SMARTS) is 1. The molecule has 22 heavy (non-hydrogen) atoms. The van der Waals surface area contributed by atoms with Crippen LogP contribution in [0.25, 0.3) is 11.0 Å². The van der Waals surface area contributed by atoms with E-state index in [2.05, 4.69) is 15.4 Å². The number of hydrogen-bond donors (Lipinski definition) is 2. The molecule has 0 saturated heterocycles. The van der Waals surface area contributed by atoms with Gasteiger partial charge in [0, 0.05) is 25.2 Å². The zero-order chi connectivity index (χ0) is 16.5. The molecule has 2 rings (SSSR count). The average Bonchev–Trinajstić information content (AvgIpc) is 2.73. The maximum atomic E-state index is 12.1. The van der Waals surface area contributed by atoms with Gasteiger partial charge >= 0.3 is 5.97 Å². The van der Waals surface area contributed by atoms with Crippen molar-refractivity contribution >= 4 is 22.9 Å². The Morgan fingerprint density at radius 1 is 1.41 bits per heavy atom. The zero-order valence-electron chi connectivity index (χ0n) is 13.2. The van der Waals surface area contributed by atoms with E-state index in [1.54, 1.807) is 31.6 Å². The van der Waals surface area contributed by atoms with Gasteiger partial charge in [-0.2, -0.15) is 5.10 Å². The first-order valence-corrected chi connectivity index (χ1v) is 7.03. The lowest BCUT2D eigenvalue weighted by molar-refractivity contribution is -0.147. The van der Waals surface area contributed by atoms with Crippen LogP contribution in [-0.2, 0) is 11.8 Å². The number of hydrogen-bond acceptors (Lipinski definition) is 4. The molecule has 0 fully saturated rings. The molecule has 0 bridgehead atoms. The van der Waals surface area contributed by atoms with Crippen molar-refractivity contribution in [3.8, 4) is 0 Å². The van der Waals surface area contributed by atoms with Crippen molar-refractivity contribution in [3.05, 3.63) is 23.5 Å². The number of aliphatic carboxylic acids is 1. The van der Waals surface area contributed by atoms with Gasteiger partial charge in [-0.15, -0.1) is 0 Å². The van der Waals surface area contributed by atoms with Gasteiger partial charge in [0.05, 0.1) is 16.7 Å². The Morgan fingerprint density at radius 3 is 2.73 bits per heavy atom. The smallest absolute Gasteiger partial charge is 0.309 e. The Bertz CT molecular complexity index is 734. The van der Waals surface area contributed by atoms with Crippen molar-refractivity contribution < 1.29 is 14.7 Å². The highest BCUT2D eigenvalue weighted by atomic mass is 16.4. The minimum Gasteiger partial charge on any atom is -0.481 e. The lowest BCUT2D eigenvalue weighted by Crippen LogP contribution is -2.32. The van der Waals surface area contributed by atoms with Crippen LogP contribution in [0.3, 0.4) is 0 Å². The summed E-state index contributed by atoms with van der Waals surface area (Å²) < 4.78 is 1.67. The van der Waals surface area contributed by atoms with Gasteiger partial charge in [0.25, 0.3) is 5.91 Å². The number of carbonyl (C=O) groups is 2. The van der Waals surface area contributed by atoms with E-state index in [0.717, 1.165) is 16.7 Å². The van der Waals surface area contributed by atoms with E-state index in [0.29, 0.717) is 18.5 Å². The largest absolute Gasteiger partial charge is 0.481 e. The molecule has 0 aliphatic rings. The molecule has 0 unspecified atom stereocenters. The van der Waals surface area contributed by atoms with E-state index in [9.17, 15) is 9.59 Å². The summed E-state index contributed by atoms with van der Waals surface area (Å²) in [5, 5.41) is 16.9. The third-order valence-electron chi connectivity index (χ3n) is 3.74. The molecule has 2 aromatic heterocycles. The van der Waals surface area contributed by atoms with Gasteiger partial charge in [0.15, 0.2) is 5.65 Å². The standard InChI is InChI=1S/C15H20N4O3/c1-9-11-7-10(8-17-12(11)19(4)18-9)13(20)16-6-5-15(2,3)14(21)22/h7-8H,5-6H2,1-4H3,(H,16,20)(H,21,22). The summed E-state index contributed by atoms with van der Waals surface area (Å²) in [7, 11) is 1.80. The van der Waals surface area contributed by atoms with Crippen LogP contribution >= 0.6 is 0 Å². The second-order valence-corrected chi connectivity index (χ2v) is 6.00. The topological polar surface area (TPSA) is 97.1 Å². The Balaban J connectivity index is 2.07. The highest BCUT2D eigenvalue weighted by molar-refractivity contribution is 5.97. The molecular formula is C15H20N4O3. The molecule has 0 atom stereocenters. The summed E-state index contributed by atoms with van der Waals surface area (Å²) in [6, 6.07) is 1.75. The fraction of sp³-hybridized carbons (Fsp3) is 0.467. The number of rotatable bonds is 5. The molecule has 7 nitrogen and oxygen atoms in total. The van der Waals surface area contributed by atoms with Crippen LogP contribution in [0.5, 0.6) is 0 Å². The molecule has 0 saturated carbocycles. The van der Waals surface area contributed by atoms with Gasteiger partial charge in [0.1, 0.15) is 0 Å². The predicted octanol–water partition coefficient (Wildman–Crippen LogP) is 1.51. The Labute approximate surface area is 128 Å². The zero-order valence-corrected chi connectivity index (χ0v) is 13.2. The summed E-state index contributed by atoms with van der Waals surface area (Å²) in [5.41, 5.74) is 1.11. The van der Waals surface area contributed by atoms with Crippen molar-refractivity contribution in [3.63, 3.8) is 0 Å². The number of carboxylic acids is 1. The summed E-state index contributed by atoms with van der Waals surface area (Å²) in [6.07, 6.45) is 1.86. The van der Waals surface area contributed by atoms with Crippen molar-refractivity contribution in [1.82, 2.24) is 20.1 Å². The van der Waals surface area contributed by atoms with E-state index >= 15 is 0 Å². The quantitative estimate of drug-likeness (QED) is 0.872. The third kappa shape index (κ3) is 3.08. The van der Waals surface area contributed by atoms with E-state index in [-0.39, 0.29) is 5.91 Å². The number of fused-ring (bicyclic) bond motifs is 1. The fourth-order valence-corrected chi connectivity index (χ4v) is 2.13. The highest BCUT2D eigenvalue weighted by Crippen LogP contribution is 2.20. The van der Waals surface area contributed by atoms with Gasteiger partial charge in [-0.05, 0) is 33.3 Å². The molecule has 0 aliphatic carbocycles. The SMILES string of the molecule is Cc1nn(C)c2ncc(C(=O)NCCC(C)(C)C(=O)O)cc12. The minimum atomic E-state index is -0.879. The molecule has 1 amide bonds. The molecule has 0 aromatic carbocycles. The molecule has 7 heteroatoms. The first-order chi connectivity index (χ1) is 10.2. The van der Waals surface area contributed by atoms with E-state index in [1.807, 2.05) is 6.92 Å².